The molecule has 4 atom stereocenters. The number of hydrogen-bond donors (Lipinski definition) is 1. The number of aliphatic hydroxyl groups is 1. The Morgan fingerprint density at radius 2 is 1.92 bits per heavy atom. The Hall–Kier alpha value is -1.39. The molecule has 0 radical (unpaired) electrons. The minimum Gasteiger partial charge on any atom is -0.388 e. The summed E-state index contributed by atoms with van der Waals surface area (Å²) in [6.07, 6.45) is 4.08. The second-order valence-electron chi connectivity index (χ2n) is 7.42. The molecule has 0 saturated carbocycles. The van der Waals surface area contributed by atoms with Crippen LogP contribution in [-0.4, -0.2) is 40.7 Å². The largest absolute Gasteiger partial charge is 0.388 e. The lowest BCUT2D eigenvalue weighted by Crippen LogP contribution is -2.44. The summed E-state index contributed by atoms with van der Waals surface area (Å²) in [6.45, 7) is 4.93. The highest BCUT2D eigenvalue weighted by Gasteiger charge is 2.37. The van der Waals surface area contributed by atoms with E-state index in [9.17, 15) is 9.90 Å². The summed E-state index contributed by atoms with van der Waals surface area (Å²) < 4.78 is 5.77. The van der Waals surface area contributed by atoms with E-state index in [2.05, 4.69) is 13.8 Å². The summed E-state index contributed by atoms with van der Waals surface area (Å²) in [6, 6.07) is 9.90. The van der Waals surface area contributed by atoms with Crippen molar-refractivity contribution in [1.29, 1.82) is 0 Å². The van der Waals surface area contributed by atoms with Gasteiger partial charge >= 0.3 is 0 Å². The Bertz CT molecular complexity index is 537. The molecule has 0 aromatic heterocycles. The van der Waals surface area contributed by atoms with E-state index in [1.165, 1.54) is 0 Å². The van der Waals surface area contributed by atoms with E-state index in [-0.39, 0.29) is 30.1 Å². The van der Waals surface area contributed by atoms with E-state index in [1.807, 2.05) is 35.2 Å². The molecule has 1 aromatic rings. The fraction of sp³-hybridized carbons (Fsp3) is 0.650. The quantitative estimate of drug-likeness (QED) is 0.921. The number of rotatable bonds is 4. The molecule has 2 heterocycles. The van der Waals surface area contributed by atoms with Gasteiger partial charge in [-0.15, -0.1) is 0 Å². The summed E-state index contributed by atoms with van der Waals surface area (Å²) in [7, 11) is 0. The van der Waals surface area contributed by atoms with Crippen molar-refractivity contribution in [2.45, 2.75) is 70.3 Å². The number of amides is 1. The van der Waals surface area contributed by atoms with Crippen LogP contribution in [0.5, 0.6) is 0 Å². The van der Waals surface area contributed by atoms with Crippen molar-refractivity contribution in [1.82, 2.24) is 4.90 Å². The molecular weight excluding hydrogens is 302 g/mol. The van der Waals surface area contributed by atoms with Gasteiger partial charge in [-0.1, -0.05) is 30.3 Å². The van der Waals surface area contributed by atoms with Crippen LogP contribution in [0.4, 0.5) is 0 Å². The first-order valence-electron chi connectivity index (χ1n) is 9.23. The number of ether oxygens (including phenoxy) is 1. The van der Waals surface area contributed by atoms with Gasteiger partial charge in [-0.2, -0.15) is 0 Å². The van der Waals surface area contributed by atoms with E-state index in [0.29, 0.717) is 6.42 Å². The van der Waals surface area contributed by atoms with Crippen LogP contribution in [0.2, 0.25) is 0 Å². The lowest BCUT2D eigenvalue weighted by molar-refractivity contribution is -0.144. The van der Waals surface area contributed by atoms with Gasteiger partial charge in [0.2, 0.25) is 5.91 Å². The Balaban J connectivity index is 1.63. The van der Waals surface area contributed by atoms with Crippen LogP contribution in [0.25, 0.3) is 0 Å². The predicted octanol–water partition coefficient (Wildman–Crippen LogP) is 3.30. The Kier molecular flexibility index (Phi) is 5.57. The van der Waals surface area contributed by atoms with E-state index >= 15 is 0 Å². The second kappa shape index (κ2) is 7.66. The average molecular weight is 331 g/mol. The molecule has 24 heavy (non-hydrogen) atoms. The predicted molar refractivity (Wildman–Crippen MR) is 93.5 cm³/mol. The molecule has 2 aliphatic heterocycles. The number of hydrogen-bond acceptors (Lipinski definition) is 3. The number of likely N-dealkylation sites (tertiary alicyclic amines) is 1. The molecule has 4 nitrogen and oxygen atoms in total. The Labute approximate surface area is 144 Å². The SMILES string of the molecule is CC1CC(C(=O)N2CCCC2CC(O)c2ccccc2)CC(C)O1. The fourth-order valence-electron chi connectivity index (χ4n) is 4.28. The Morgan fingerprint density at radius 1 is 1.25 bits per heavy atom. The summed E-state index contributed by atoms with van der Waals surface area (Å²) in [5.41, 5.74) is 0.935. The molecule has 2 aliphatic rings. The number of aliphatic hydroxyl groups excluding tert-OH is 1. The van der Waals surface area contributed by atoms with E-state index in [1.54, 1.807) is 0 Å². The number of carbonyl (C=O) groups is 1. The minimum atomic E-state index is -0.503. The highest BCUT2D eigenvalue weighted by atomic mass is 16.5. The lowest BCUT2D eigenvalue weighted by atomic mass is 9.90. The third kappa shape index (κ3) is 3.98. The second-order valence-corrected chi connectivity index (χ2v) is 7.42. The number of benzene rings is 1. The molecule has 4 heteroatoms. The monoisotopic (exact) mass is 331 g/mol. The van der Waals surface area contributed by atoms with E-state index in [4.69, 9.17) is 4.74 Å². The summed E-state index contributed by atoms with van der Waals surface area (Å²) >= 11 is 0. The first-order valence-corrected chi connectivity index (χ1v) is 9.23. The highest BCUT2D eigenvalue weighted by Crippen LogP contribution is 2.32. The Morgan fingerprint density at radius 3 is 2.58 bits per heavy atom. The fourth-order valence-corrected chi connectivity index (χ4v) is 4.28. The molecule has 0 bridgehead atoms. The molecule has 0 spiro atoms. The van der Waals surface area contributed by atoms with Crippen LogP contribution in [0.1, 0.15) is 57.6 Å². The molecule has 2 fully saturated rings. The highest BCUT2D eigenvalue weighted by molar-refractivity contribution is 5.79. The topological polar surface area (TPSA) is 49.8 Å². The van der Waals surface area contributed by atoms with Crippen LogP contribution in [0.15, 0.2) is 30.3 Å². The van der Waals surface area contributed by atoms with Gasteiger partial charge in [0.05, 0.1) is 18.3 Å². The summed E-state index contributed by atoms with van der Waals surface area (Å²) in [4.78, 5) is 15.0. The van der Waals surface area contributed by atoms with Gasteiger partial charge in [-0.05, 0) is 51.5 Å². The van der Waals surface area contributed by atoms with Crippen LogP contribution in [0.3, 0.4) is 0 Å². The molecule has 0 aliphatic carbocycles. The molecule has 2 saturated heterocycles. The zero-order chi connectivity index (χ0) is 17.1. The summed E-state index contributed by atoms with van der Waals surface area (Å²) in [5.74, 6) is 0.331. The molecule has 1 N–H and O–H groups in total. The molecule has 132 valence electrons. The van der Waals surface area contributed by atoms with Gasteiger partial charge < -0.3 is 14.7 Å². The first kappa shape index (κ1) is 17.4. The summed E-state index contributed by atoms with van der Waals surface area (Å²) in [5, 5.41) is 10.5. The molecule has 1 amide bonds. The normalized spacial score (nSPS) is 31.9. The van der Waals surface area contributed by atoms with Crippen LogP contribution in [0, 0.1) is 5.92 Å². The van der Waals surface area contributed by atoms with Gasteiger partial charge in [0.25, 0.3) is 0 Å². The maximum atomic E-state index is 13.0. The van der Waals surface area contributed by atoms with E-state index in [0.717, 1.165) is 37.8 Å². The maximum absolute atomic E-state index is 13.0. The van der Waals surface area contributed by atoms with Crippen molar-refractivity contribution < 1.29 is 14.6 Å². The zero-order valence-electron chi connectivity index (χ0n) is 14.7. The van der Waals surface area contributed by atoms with E-state index < -0.39 is 6.10 Å². The molecule has 3 rings (SSSR count). The first-order chi connectivity index (χ1) is 11.5. The molecule has 4 unspecified atom stereocenters. The minimum absolute atomic E-state index is 0.0678. The molecule has 1 aromatic carbocycles. The van der Waals surface area contributed by atoms with Crippen molar-refractivity contribution in [3.8, 4) is 0 Å². The van der Waals surface area contributed by atoms with Crippen molar-refractivity contribution in [3.05, 3.63) is 35.9 Å². The van der Waals surface area contributed by atoms with Gasteiger partial charge in [-0.25, -0.2) is 0 Å². The van der Waals surface area contributed by atoms with Gasteiger partial charge in [-0.3, -0.25) is 4.79 Å². The third-order valence-corrected chi connectivity index (χ3v) is 5.39. The standard InChI is InChI=1S/C20H29NO3/c1-14-11-17(12-15(2)24-14)20(23)21-10-6-9-18(21)13-19(22)16-7-4-3-5-8-16/h3-5,7-8,14-15,17-19,22H,6,9-13H2,1-2H3. The van der Waals surface area contributed by atoms with Gasteiger partial charge in [0.15, 0.2) is 0 Å². The van der Waals surface area contributed by atoms with Crippen LogP contribution in [-0.2, 0) is 9.53 Å². The third-order valence-electron chi connectivity index (χ3n) is 5.39. The van der Waals surface area contributed by atoms with Crippen molar-refractivity contribution >= 4 is 5.91 Å². The average Bonchev–Trinajstić information content (AvgIpc) is 3.02. The van der Waals surface area contributed by atoms with Crippen molar-refractivity contribution in [2.75, 3.05) is 6.54 Å². The van der Waals surface area contributed by atoms with Gasteiger partial charge in [0, 0.05) is 18.5 Å². The molecular formula is C20H29NO3. The smallest absolute Gasteiger partial charge is 0.226 e. The van der Waals surface area contributed by atoms with Crippen molar-refractivity contribution in [2.24, 2.45) is 5.92 Å². The number of nitrogens with zero attached hydrogens (tertiary/aromatic N) is 1. The number of carbonyl (C=O) groups excluding carboxylic acids is 1. The lowest BCUT2D eigenvalue weighted by Gasteiger charge is -2.35. The van der Waals surface area contributed by atoms with Crippen molar-refractivity contribution in [3.63, 3.8) is 0 Å². The van der Waals surface area contributed by atoms with Crippen LogP contribution >= 0.6 is 0 Å². The maximum Gasteiger partial charge on any atom is 0.226 e. The van der Waals surface area contributed by atoms with Gasteiger partial charge in [0.1, 0.15) is 0 Å². The van der Waals surface area contributed by atoms with Crippen LogP contribution < -0.4 is 0 Å². The zero-order valence-corrected chi connectivity index (χ0v) is 14.7.